The number of carbonyl (C=O) groups is 1. The third-order valence-electron chi connectivity index (χ3n) is 4.29. The molecular weight excluding hydrogens is 280 g/mol. The largest absolute Gasteiger partial charge is 0.469 e. The van der Waals surface area contributed by atoms with Crippen molar-refractivity contribution in [2.75, 3.05) is 27.2 Å². The molecule has 0 aromatic rings. The van der Waals surface area contributed by atoms with Crippen LogP contribution in [-0.4, -0.2) is 57.8 Å². The summed E-state index contributed by atoms with van der Waals surface area (Å²) in [5.74, 6) is -0.924. The van der Waals surface area contributed by atoms with Crippen LogP contribution < -0.4 is 4.72 Å². The van der Waals surface area contributed by atoms with Crippen molar-refractivity contribution in [3.63, 3.8) is 0 Å². The molecule has 2 fully saturated rings. The molecular formula is C13H24N2O4S. The van der Waals surface area contributed by atoms with Gasteiger partial charge < -0.3 is 9.64 Å². The first kappa shape index (κ1) is 15.7. The van der Waals surface area contributed by atoms with E-state index in [0.29, 0.717) is 32.0 Å². The van der Waals surface area contributed by atoms with Crippen LogP contribution in [0.25, 0.3) is 0 Å². The highest BCUT2D eigenvalue weighted by molar-refractivity contribution is 7.90. The van der Waals surface area contributed by atoms with Gasteiger partial charge in [-0.3, -0.25) is 4.79 Å². The Balaban J connectivity index is 1.86. The van der Waals surface area contributed by atoms with Crippen LogP contribution in [-0.2, 0) is 19.6 Å². The van der Waals surface area contributed by atoms with Gasteiger partial charge in [-0.15, -0.1) is 0 Å². The number of ether oxygens (including phenoxy) is 1. The summed E-state index contributed by atoms with van der Waals surface area (Å²) in [6, 6.07) is 0.619. The standard InChI is InChI=1S/C13H24N2O4S/c1-15(10-6-7-10)9-8-14-20(17,18)12-5-3-4-11(12)13(16)19-2/h10-12,14H,3-9H2,1-2H3. The predicted molar refractivity (Wildman–Crippen MR) is 75.7 cm³/mol. The highest BCUT2D eigenvalue weighted by Crippen LogP contribution is 2.31. The molecule has 0 radical (unpaired) electrons. The number of hydrogen-bond donors (Lipinski definition) is 1. The second-order valence-corrected chi connectivity index (χ2v) is 7.73. The zero-order chi connectivity index (χ0) is 14.8. The van der Waals surface area contributed by atoms with Crippen molar-refractivity contribution in [3.05, 3.63) is 0 Å². The lowest BCUT2D eigenvalue weighted by molar-refractivity contribution is -0.145. The van der Waals surface area contributed by atoms with Gasteiger partial charge in [0.15, 0.2) is 0 Å². The van der Waals surface area contributed by atoms with Crippen LogP contribution >= 0.6 is 0 Å². The minimum absolute atomic E-state index is 0.403. The molecule has 116 valence electrons. The molecule has 0 bridgehead atoms. The maximum atomic E-state index is 12.3. The maximum Gasteiger partial charge on any atom is 0.310 e. The average Bonchev–Trinajstić information content (AvgIpc) is 3.14. The molecule has 2 aliphatic carbocycles. The molecule has 2 unspecified atom stereocenters. The summed E-state index contributed by atoms with van der Waals surface area (Å²) in [7, 11) is -0.122. The molecule has 0 saturated heterocycles. The number of esters is 1. The summed E-state index contributed by atoms with van der Waals surface area (Å²) in [6.07, 6.45) is 4.30. The van der Waals surface area contributed by atoms with Crippen LogP contribution in [0.5, 0.6) is 0 Å². The van der Waals surface area contributed by atoms with Gasteiger partial charge in [0.25, 0.3) is 0 Å². The smallest absolute Gasteiger partial charge is 0.310 e. The molecule has 0 aliphatic heterocycles. The Morgan fingerprint density at radius 3 is 2.60 bits per heavy atom. The minimum Gasteiger partial charge on any atom is -0.469 e. The van der Waals surface area contributed by atoms with E-state index in [1.54, 1.807) is 0 Å². The number of methoxy groups -OCH3 is 1. The van der Waals surface area contributed by atoms with Gasteiger partial charge in [0.05, 0.1) is 18.3 Å². The summed E-state index contributed by atoms with van der Waals surface area (Å²) in [6.45, 7) is 1.11. The SMILES string of the molecule is COC(=O)C1CCCC1S(=O)(=O)NCCN(C)C1CC1. The van der Waals surface area contributed by atoms with E-state index in [9.17, 15) is 13.2 Å². The average molecular weight is 304 g/mol. The molecule has 2 atom stereocenters. The number of rotatable bonds is 7. The Hall–Kier alpha value is -0.660. The fraction of sp³-hybridized carbons (Fsp3) is 0.923. The third-order valence-corrected chi connectivity index (χ3v) is 6.26. The summed E-state index contributed by atoms with van der Waals surface area (Å²) < 4.78 is 31.9. The van der Waals surface area contributed by atoms with E-state index < -0.39 is 27.2 Å². The van der Waals surface area contributed by atoms with Crippen LogP contribution in [0.15, 0.2) is 0 Å². The molecule has 1 N–H and O–H groups in total. The Bertz CT molecular complexity index is 447. The fourth-order valence-electron chi connectivity index (χ4n) is 2.89. The Labute approximate surface area is 120 Å². The molecule has 0 amide bonds. The molecule has 2 rings (SSSR count). The highest BCUT2D eigenvalue weighted by Gasteiger charge is 2.42. The van der Waals surface area contributed by atoms with E-state index in [-0.39, 0.29) is 0 Å². The molecule has 2 saturated carbocycles. The lowest BCUT2D eigenvalue weighted by Crippen LogP contribution is -2.42. The lowest BCUT2D eigenvalue weighted by atomic mass is 10.1. The van der Waals surface area contributed by atoms with E-state index in [4.69, 9.17) is 4.74 Å². The number of nitrogens with zero attached hydrogens (tertiary/aromatic N) is 1. The van der Waals surface area contributed by atoms with Gasteiger partial charge in [-0.2, -0.15) is 0 Å². The van der Waals surface area contributed by atoms with Gasteiger partial charge >= 0.3 is 5.97 Å². The van der Waals surface area contributed by atoms with Crippen molar-refractivity contribution in [1.29, 1.82) is 0 Å². The van der Waals surface area contributed by atoms with Crippen LogP contribution in [0.2, 0.25) is 0 Å². The van der Waals surface area contributed by atoms with Gasteiger partial charge in [0.1, 0.15) is 0 Å². The molecule has 0 heterocycles. The zero-order valence-corrected chi connectivity index (χ0v) is 13.0. The molecule has 20 heavy (non-hydrogen) atoms. The van der Waals surface area contributed by atoms with Crippen LogP contribution in [0.3, 0.4) is 0 Å². The van der Waals surface area contributed by atoms with Gasteiger partial charge in [-0.05, 0) is 32.7 Å². The first-order chi connectivity index (χ1) is 9.45. The zero-order valence-electron chi connectivity index (χ0n) is 12.2. The fourth-order valence-corrected chi connectivity index (χ4v) is 4.63. The minimum atomic E-state index is -3.44. The van der Waals surface area contributed by atoms with Crippen molar-refractivity contribution in [3.8, 4) is 0 Å². The van der Waals surface area contributed by atoms with Crippen molar-refractivity contribution in [1.82, 2.24) is 9.62 Å². The van der Waals surface area contributed by atoms with Crippen LogP contribution in [0.1, 0.15) is 32.1 Å². The van der Waals surface area contributed by atoms with E-state index in [0.717, 1.165) is 6.42 Å². The van der Waals surface area contributed by atoms with Crippen molar-refractivity contribution in [2.45, 2.75) is 43.4 Å². The van der Waals surface area contributed by atoms with E-state index in [1.165, 1.54) is 20.0 Å². The first-order valence-electron chi connectivity index (χ1n) is 7.22. The summed E-state index contributed by atoms with van der Waals surface area (Å²) in [4.78, 5) is 13.8. The number of likely N-dealkylation sites (N-methyl/N-ethyl adjacent to an activating group) is 1. The highest BCUT2D eigenvalue weighted by atomic mass is 32.2. The number of sulfonamides is 1. The second kappa shape index (κ2) is 6.41. The summed E-state index contributed by atoms with van der Waals surface area (Å²) in [5, 5.41) is -0.638. The number of nitrogens with one attached hydrogen (secondary N) is 1. The van der Waals surface area contributed by atoms with E-state index >= 15 is 0 Å². The summed E-state index contributed by atoms with van der Waals surface area (Å²) >= 11 is 0. The first-order valence-corrected chi connectivity index (χ1v) is 8.77. The van der Waals surface area contributed by atoms with Gasteiger partial charge in [-0.25, -0.2) is 13.1 Å². The summed E-state index contributed by atoms with van der Waals surface area (Å²) in [5.41, 5.74) is 0. The van der Waals surface area contributed by atoms with Gasteiger partial charge in [0, 0.05) is 19.1 Å². The Morgan fingerprint density at radius 2 is 2.00 bits per heavy atom. The molecule has 2 aliphatic rings. The molecule has 0 aromatic heterocycles. The normalized spacial score (nSPS) is 26.9. The molecule has 6 nitrogen and oxygen atoms in total. The monoisotopic (exact) mass is 304 g/mol. The van der Waals surface area contributed by atoms with Crippen molar-refractivity contribution in [2.24, 2.45) is 5.92 Å². The van der Waals surface area contributed by atoms with Crippen LogP contribution in [0, 0.1) is 5.92 Å². The number of carbonyl (C=O) groups excluding carboxylic acids is 1. The Morgan fingerprint density at radius 1 is 1.30 bits per heavy atom. The third kappa shape index (κ3) is 3.71. The second-order valence-electron chi connectivity index (χ2n) is 5.75. The maximum absolute atomic E-state index is 12.3. The lowest BCUT2D eigenvalue weighted by Gasteiger charge is -2.20. The molecule has 0 spiro atoms. The number of hydrogen-bond acceptors (Lipinski definition) is 5. The molecule has 7 heteroatoms. The van der Waals surface area contributed by atoms with Gasteiger partial charge in [0.2, 0.25) is 10.0 Å². The van der Waals surface area contributed by atoms with Crippen molar-refractivity contribution >= 4 is 16.0 Å². The molecule has 0 aromatic carbocycles. The topological polar surface area (TPSA) is 75.7 Å². The van der Waals surface area contributed by atoms with Crippen molar-refractivity contribution < 1.29 is 17.9 Å². The predicted octanol–water partition coefficient (Wildman–Crippen LogP) is 0.342. The Kier molecular flexibility index (Phi) is 5.04. The quantitative estimate of drug-likeness (QED) is 0.687. The van der Waals surface area contributed by atoms with E-state index in [2.05, 4.69) is 9.62 Å². The van der Waals surface area contributed by atoms with Crippen LogP contribution in [0.4, 0.5) is 0 Å². The van der Waals surface area contributed by atoms with E-state index in [1.807, 2.05) is 7.05 Å². The van der Waals surface area contributed by atoms with Gasteiger partial charge in [-0.1, -0.05) is 6.42 Å².